The summed E-state index contributed by atoms with van der Waals surface area (Å²) in [5.41, 5.74) is -0.860. The summed E-state index contributed by atoms with van der Waals surface area (Å²) in [5.74, 6) is 0.974. The lowest BCUT2D eigenvalue weighted by molar-refractivity contribution is -0.181. The average molecular weight is 350 g/mol. The normalized spacial score (nSPS) is 54.5. The van der Waals surface area contributed by atoms with Gasteiger partial charge in [-0.15, -0.1) is 0 Å². The zero-order valence-electron chi connectivity index (χ0n) is 16.0. The molecule has 0 radical (unpaired) electrons. The van der Waals surface area contributed by atoms with Gasteiger partial charge in [-0.2, -0.15) is 0 Å². The summed E-state index contributed by atoms with van der Waals surface area (Å²) in [6.45, 7) is 5.88. The second kappa shape index (κ2) is 5.45. The smallest absolute Gasteiger partial charge is 0.303 e. The van der Waals surface area contributed by atoms with Gasteiger partial charge in [-0.05, 0) is 81.0 Å². The van der Waals surface area contributed by atoms with Crippen molar-refractivity contribution < 1.29 is 19.7 Å². The Morgan fingerprint density at radius 2 is 1.88 bits per heavy atom. The highest BCUT2D eigenvalue weighted by Crippen LogP contribution is 2.72. The molecule has 2 N–H and O–H groups in total. The second-order valence-electron chi connectivity index (χ2n) is 10.2. The first-order valence-electron chi connectivity index (χ1n) is 10.2. The fourth-order valence-corrected chi connectivity index (χ4v) is 8.19. The van der Waals surface area contributed by atoms with Crippen LogP contribution in [0.25, 0.3) is 0 Å². The first-order valence-corrected chi connectivity index (χ1v) is 10.2. The lowest BCUT2D eigenvalue weighted by Gasteiger charge is -2.63. The number of hydrogen-bond acceptors (Lipinski definition) is 4. The van der Waals surface area contributed by atoms with Gasteiger partial charge in [0.15, 0.2) is 0 Å². The van der Waals surface area contributed by atoms with E-state index in [1.54, 1.807) is 0 Å². The lowest BCUT2D eigenvalue weighted by atomic mass is 9.43. The maximum atomic E-state index is 11.7. The number of ether oxygens (including phenoxy) is 1. The molecule has 25 heavy (non-hydrogen) atoms. The maximum Gasteiger partial charge on any atom is 0.303 e. The molecule has 0 amide bonds. The first kappa shape index (κ1) is 17.8. The van der Waals surface area contributed by atoms with Gasteiger partial charge < -0.3 is 14.9 Å². The number of aliphatic hydroxyl groups is 2. The van der Waals surface area contributed by atoms with Gasteiger partial charge in [-0.3, -0.25) is 4.79 Å². The van der Waals surface area contributed by atoms with Crippen molar-refractivity contribution in [2.75, 3.05) is 6.61 Å². The average Bonchev–Trinajstić information content (AvgIpc) is 2.73. The van der Waals surface area contributed by atoms with Crippen molar-refractivity contribution >= 4 is 5.97 Å². The van der Waals surface area contributed by atoms with Gasteiger partial charge in [0.1, 0.15) is 5.60 Å². The highest BCUT2D eigenvalue weighted by atomic mass is 16.6. The van der Waals surface area contributed by atoms with Crippen molar-refractivity contribution in [1.29, 1.82) is 0 Å². The van der Waals surface area contributed by atoms with Crippen molar-refractivity contribution in [3.63, 3.8) is 0 Å². The van der Waals surface area contributed by atoms with Crippen LogP contribution in [0.3, 0.4) is 0 Å². The molecule has 0 aromatic rings. The lowest BCUT2D eigenvalue weighted by Crippen LogP contribution is -2.58. The number of carbonyl (C=O) groups excluding carboxylic acids is 1. The number of esters is 1. The summed E-state index contributed by atoms with van der Waals surface area (Å²) < 4.78 is 5.78. The molecule has 4 saturated carbocycles. The Hall–Kier alpha value is -0.610. The van der Waals surface area contributed by atoms with E-state index in [-0.39, 0.29) is 23.4 Å². The molecule has 4 aliphatic carbocycles. The van der Waals surface area contributed by atoms with E-state index < -0.39 is 11.2 Å². The largest absolute Gasteiger partial charge is 0.456 e. The third kappa shape index (κ3) is 2.36. The second-order valence-corrected chi connectivity index (χ2v) is 10.2. The van der Waals surface area contributed by atoms with Crippen molar-refractivity contribution in [3.05, 3.63) is 0 Å². The molecule has 0 aromatic heterocycles. The topological polar surface area (TPSA) is 66.8 Å². The Morgan fingerprint density at radius 3 is 2.56 bits per heavy atom. The number of fused-ring (bicyclic) bond motifs is 3. The SMILES string of the molecule is CC(=O)O[C@@]1(CO)C[C@@]23CC[C@H]4[C@@](C)(CCC[C@@]4(C)O)[C@@H]2CC[C@@H]1C3. The summed E-state index contributed by atoms with van der Waals surface area (Å²) in [6, 6.07) is 0. The molecule has 2 bridgehead atoms. The van der Waals surface area contributed by atoms with E-state index >= 15 is 0 Å². The van der Waals surface area contributed by atoms with E-state index in [2.05, 4.69) is 6.92 Å². The number of rotatable bonds is 2. The molecule has 0 unspecified atom stereocenters. The molecular weight excluding hydrogens is 316 g/mol. The molecule has 4 rings (SSSR count). The van der Waals surface area contributed by atoms with E-state index in [4.69, 9.17) is 4.74 Å². The summed E-state index contributed by atoms with van der Waals surface area (Å²) >= 11 is 0. The van der Waals surface area contributed by atoms with Crippen LogP contribution in [0.1, 0.15) is 78.6 Å². The van der Waals surface area contributed by atoms with Crippen LogP contribution in [0.4, 0.5) is 0 Å². The zero-order chi connectivity index (χ0) is 18.1. The first-order chi connectivity index (χ1) is 11.7. The van der Waals surface area contributed by atoms with Crippen LogP contribution in [-0.4, -0.2) is 34.0 Å². The minimum absolute atomic E-state index is 0.0520. The van der Waals surface area contributed by atoms with E-state index in [0.29, 0.717) is 17.8 Å². The molecule has 1 spiro atoms. The number of aliphatic hydroxyl groups excluding tert-OH is 1. The predicted octanol–water partition coefficient (Wildman–Crippen LogP) is 3.44. The Balaban J connectivity index is 1.70. The standard InChI is InChI=1S/C21H34O4/c1-14(23)25-21(13-22)12-20-10-7-16-18(2,8-4-9-19(16,3)24)17(20)6-5-15(21)11-20/h15-17,22,24H,4-13H2,1-3H3/t15-,16+,17+,18-,19-,20+,21-/m1/s1. The van der Waals surface area contributed by atoms with Crippen LogP contribution >= 0.6 is 0 Å². The molecule has 0 heterocycles. The molecule has 0 aromatic carbocycles. The summed E-state index contributed by atoms with van der Waals surface area (Å²) in [7, 11) is 0. The van der Waals surface area contributed by atoms with E-state index in [9.17, 15) is 15.0 Å². The Bertz CT molecular complexity index is 572. The molecule has 7 atom stereocenters. The molecule has 0 saturated heterocycles. The summed E-state index contributed by atoms with van der Waals surface area (Å²) in [4.78, 5) is 11.7. The molecule has 4 aliphatic rings. The van der Waals surface area contributed by atoms with E-state index in [0.717, 1.165) is 51.4 Å². The minimum Gasteiger partial charge on any atom is -0.456 e. The molecular formula is C21H34O4. The van der Waals surface area contributed by atoms with Crippen LogP contribution in [0.5, 0.6) is 0 Å². The molecule has 4 fully saturated rings. The van der Waals surface area contributed by atoms with Gasteiger partial charge in [0, 0.05) is 12.8 Å². The third-order valence-corrected chi connectivity index (χ3v) is 8.88. The van der Waals surface area contributed by atoms with Crippen molar-refractivity contribution in [2.45, 2.75) is 89.8 Å². The minimum atomic E-state index is -0.666. The fourth-order valence-electron chi connectivity index (χ4n) is 8.19. The Kier molecular flexibility index (Phi) is 3.88. The highest BCUT2D eigenvalue weighted by molar-refractivity contribution is 5.66. The Morgan fingerprint density at radius 1 is 1.12 bits per heavy atom. The molecule has 4 heteroatoms. The predicted molar refractivity (Wildman–Crippen MR) is 94.8 cm³/mol. The summed E-state index contributed by atoms with van der Waals surface area (Å²) in [5, 5.41) is 21.2. The fraction of sp³-hybridized carbons (Fsp3) is 0.952. The molecule has 4 nitrogen and oxygen atoms in total. The molecule has 142 valence electrons. The van der Waals surface area contributed by atoms with Gasteiger partial charge in [0.25, 0.3) is 0 Å². The van der Waals surface area contributed by atoms with Crippen LogP contribution in [0.2, 0.25) is 0 Å². The number of carbonyl (C=O) groups is 1. The summed E-state index contributed by atoms with van der Waals surface area (Å²) in [6.07, 6.45) is 9.47. The zero-order valence-corrected chi connectivity index (χ0v) is 16.0. The third-order valence-electron chi connectivity index (χ3n) is 8.88. The quantitative estimate of drug-likeness (QED) is 0.749. The van der Waals surface area contributed by atoms with Crippen LogP contribution in [0.15, 0.2) is 0 Å². The van der Waals surface area contributed by atoms with Crippen LogP contribution in [-0.2, 0) is 9.53 Å². The maximum absolute atomic E-state index is 11.7. The monoisotopic (exact) mass is 350 g/mol. The Labute approximate surface area is 151 Å². The van der Waals surface area contributed by atoms with Gasteiger partial charge in [-0.25, -0.2) is 0 Å². The van der Waals surface area contributed by atoms with Gasteiger partial charge >= 0.3 is 5.97 Å². The molecule has 0 aliphatic heterocycles. The highest BCUT2D eigenvalue weighted by Gasteiger charge is 2.68. The van der Waals surface area contributed by atoms with E-state index in [1.165, 1.54) is 13.3 Å². The number of hydrogen-bond donors (Lipinski definition) is 2. The van der Waals surface area contributed by atoms with Crippen molar-refractivity contribution in [1.82, 2.24) is 0 Å². The van der Waals surface area contributed by atoms with Crippen LogP contribution < -0.4 is 0 Å². The van der Waals surface area contributed by atoms with Gasteiger partial charge in [-0.1, -0.05) is 13.3 Å². The van der Waals surface area contributed by atoms with Crippen molar-refractivity contribution in [3.8, 4) is 0 Å². The van der Waals surface area contributed by atoms with Gasteiger partial charge in [0.05, 0.1) is 12.2 Å². The van der Waals surface area contributed by atoms with Crippen LogP contribution in [0, 0.1) is 28.6 Å². The van der Waals surface area contributed by atoms with Crippen molar-refractivity contribution in [2.24, 2.45) is 28.6 Å². The van der Waals surface area contributed by atoms with E-state index in [1.807, 2.05) is 6.92 Å². The van der Waals surface area contributed by atoms with Gasteiger partial charge in [0.2, 0.25) is 0 Å².